The fourth-order valence-electron chi connectivity index (χ4n) is 2.68. The van der Waals surface area contributed by atoms with Crippen molar-refractivity contribution in [3.63, 3.8) is 0 Å². The molecule has 0 aliphatic heterocycles. The van der Waals surface area contributed by atoms with Gasteiger partial charge in [0.2, 0.25) is 5.56 Å². The van der Waals surface area contributed by atoms with Crippen molar-refractivity contribution in [1.82, 2.24) is 15.0 Å². The third-order valence-electron chi connectivity index (χ3n) is 3.84. The Morgan fingerprint density at radius 1 is 0.913 bits per heavy atom. The van der Waals surface area contributed by atoms with Gasteiger partial charge in [-0.15, -0.1) is 0 Å². The molecule has 0 aliphatic rings. The minimum absolute atomic E-state index is 0.140. The molecular weight excluding hydrogens is 290 g/mol. The van der Waals surface area contributed by atoms with Crippen LogP contribution in [-0.4, -0.2) is 20.1 Å². The second-order valence-corrected chi connectivity index (χ2v) is 5.28. The third kappa shape index (κ3) is 2.28. The van der Waals surface area contributed by atoms with E-state index in [4.69, 9.17) is 0 Å². The maximum absolute atomic E-state index is 11.2. The fourth-order valence-corrected chi connectivity index (χ4v) is 2.68. The molecule has 4 rings (SSSR count). The van der Waals surface area contributed by atoms with Gasteiger partial charge in [-0.05, 0) is 23.8 Å². The number of H-pyrrole nitrogens is 2. The molecule has 5 heteroatoms. The van der Waals surface area contributed by atoms with Gasteiger partial charge >= 0.3 is 0 Å². The lowest BCUT2D eigenvalue weighted by Crippen LogP contribution is -2.01. The number of fused-ring (bicyclic) bond motifs is 1. The van der Waals surface area contributed by atoms with Gasteiger partial charge in [0, 0.05) is 46.7 Å². The molecule has 3 heterocycles. The quantitative estimate of drug-likeness (QED) is 0.531. The van der Waals surface area contributed by atoms with E-state index in [0.717, 1.165) is 33.3 Å². The van der Waals surface area contributed by atoms with Crippen LogP contribution in [-0.2, 0) is 0 Å². The van der Waals surface area contributed by atoms with Crippen LogP contribution in [0.2, 0.25) is 0 Å². The van der Waals surface area contributed by atoms with Crippen molar-refractivity contribution in [3.8, 4) is 28.0 Å². The highest BCUT2D eigenvalue weighted by Crippen LogP contribution is 2.35. The highest BCUT2D eigenvalue weighted by atomic mass is 16.3. The Hall–Kier alpha value is -3.34. The first-order chi connectivity index (χ1) is 11.2. The summed E-state index contributed by atoms with van der Waals surface area (Å²) in [4.78, 5) is 21.4. The monoisotopic (exact) mass is 303 g/mol. The Kier molecular flexibility index (Phi) is 2.98. The van der Waals surface area contributed by atoms with Crippen molar-refractivity contribution in [2.45, 2.75) is 0 Å². The number of hydrogen-bond acceptors (Lipinski definition) is 3. The summed E-state index contributed by atoms with van der Waals surface area (Å²) in [6, 6.07) is 12.4. The molecule has 23 heavy (non-hydrogen) atoms. The average molecular weight is 303 g/mol. The first-order valence-corrected chi connectivity index (χ1v) is 7.17. The van der Waals surface area contributed by atoms with Crippen LogP contribution in [0.15, 0.2) is 65.8 Å². The first-order valence-electron chi connectivity index (χ1n) is 7.17. The number of nitrogens with zero attached hydrogens (tertiary/aromatic N) is 1. The van der Waals surface area contributed by atoms with Crippen molar-refractivity contribution >= 4 is 11.0 Å². The van der Waals surface area contributed by atoms with E-state index < -0.39 is 0 Å². The zero-order chi connectivity index (χ0) is 15.8. The molecule has 0 fully saturated rings. The van der Waals surface area contributed by atoms with Gasteiger partial charge in [-0.2, -0.15) is 0 Å². The van der Waals surface area contributed by atoms with E-state index in [1.807, 2.05) is 24.4 Å². The highest BCUT2D eigenvalue weighted by Gasteiger charge is 2.11. The number of aromatic hydroxyl groups is 1. The molecule has 0 radical (unpaired) electrons. The van der Waals surface area contributed by atoms with E-state index in [2.05, 4.69) is 15.0 Å². The Morgan fingerprint density at radius 3 is 2.57 bits per heavy atom. The standard InChI is InChI=1S/C18H13N3O2/c22-16-4-2-1-3-13(16)15-10-21-18-14(15)7-12(9-20-18)11-5-6-17(23)19-8-11/h1-10,22H,(H,19,23)(H,20,21). The number of para-hydroxylation sites is 1. The average Bonchev–Trinajstić information content (AvgIpc) is 2.99. The van der Waals surface area contributed by atoms with Crippen molar-refractivity contribution in [2.75, 3.05) is 0 Å². The number of phenolic OH excluding ortho intramolecular Hbond substituents is 1. The van der Waals surface area contributed by atoms with Gasteiger partial charge in [-0.1, -0.05) is 18.2 Å². The summed E-state index contributed by atoms with van der Waals surface area (Å²) in [6.45, 7) is 0. The molecular formula is C18H13N3O2. The second-order valence-electron chi connectivity index (χ2n) is 5.28. The summed E-state index contributed by atoms with van der Waals surface area (Å²) in [6.07, 6.45) is 5.25. The van der Waals surface area contributed by atoms with E-state index >= 15 is 0 Å². The number of aromatic nitrogens is 3. The number of benzene rings is 1. The summed E-state index contributed by atoms with van der Waals surface area (Å²) < 4.78 is 0. The number of nitrogens with one attached hydrogen (secondary N) is 2. The van der Waals surface area contributed by atoms with Crippen LogP contribution in [0, 0.1) is 0 Å². The van der Waals surface area contributed by atoms with Crippen molar-refractivity contribution in [2.24, 2.45) is 0 Å². The minimum atomic E-state index is -0.140. The number of aromatic amines is 2. The van der Waals surface area contributed by atoms with Crippen molar-refractivity contribution in [1.29, 1.82) is 0 Å². The van der Waals surface area contributed by atoms with Crippen LogP contribution in [0.1, 0.15) is 0 Å². The molecule has 1 aromatic carbocycles. The zero-order valence-electron chi connectivity index (χ0n) is 12.1. The maximum atomic E-state index is 11.2. The largest absolute Gasteiger partial charge is 0.507 e. The van der Waals surface area contributed by atoms with Crippen molar-refractivity contribution in [3.05, 3.63) is 71.4 Å². The second kappa shape index (κ2) is 5.14. The lowest BCUT2D eigenvalue weighted by Gasteiger charge is -2.04. The van der Waals surface area contributed by atoms with E-state index in [0.29, 0.717) is 0 Å². The Bertz CT molecular complexity index is 1040. The van der Waals surface area contributed by atoms with E-state index in [9.17, 15) is 9.90 Å². The molecule has 5 nitrogen and oxygen atoms in total. The Labute approximate surface area is 131 Å². The summed E-state index contributed by atoms with van der Waals surface area (Å²) >= 11 is 0. The third-order valence-corrected chi connectivity index (χ3v) is 3.84. The van der Waals surface area contributed by atoms with Gasteiger partial charge in [-0.25, -0.2) is 4.98 Å². The molecule has 0 saturated heterocycles. The van der Waals surface area contributed by atoms with Crippen molar-refractivity contribution < 1.29 is 5.11 Å². The molecule has 0 unspecified atom stereocenters. The molecule has 3 aromatic heterocycles. The molecule has 0 saturated carbocycles. The van der Waals surface area contributed by atoms with E-state index in [-0.39, 0.29) is 11.3 Å². The van der Waals surface area contributed by atoms with Gasteiger partial charge in [0.1, 0.15) is 11.4 Å². The van der Waals surface area contributed by atoms with Crippen LogP contribution in [0.5, 0.6) is 5.75 Å². The molecule has 3 N–H and O–H groups in total. The lowest BCUT2D eigenvalue weighted by atomic mass is 10.0. The van der Waals surface area contributed by atoms with Crippen LogP contribution < -0.4 is 5.56 Å². The SMILES string of the molecule is O=c1ccc(-c2cnc3[nH]cc(-c4ccccc4O)c3c2)c[nH]1. The van der Waals surface area contributed by atoms with Crippen LogP contribution in [0.25, 0.3) is 33.3 Å². The smallest absolute Gasteiger partial charge is 0.247 e. The topological polar surface area (TPSA) is 81.8 Å². The van der Waals surface area contributed by atoms with Crippen LogP contribution in [0.4, 0.5) is 0 Å². The number of phenols is 1. The normalized spacial score (nSPS) is 11.0. The molecule has 112 valence electrons. The molecule has 0 spiro atoms. The van der Waals surface area contributed by atoms with Gasteiger partial charge in [0.15, 0.2) is 0 Å². The molecule has 0 bridgehead atoms. The minimum Gasteiger partial charge on any atom is -0.507 e. The summed E-state index contributed by atoms with van der Waals surface area (Å²) in [5, 5.41) is 11.0. The van der Waals surface area contributed by atoms with Gasteiger partial charge in [0.05, 0.1) is 0 Å². The fraction of sp³-hybridized carbons (Fsp3) is 0. The highest BCUT2D eigenvalue weighted by molar-refractivity contribution is 5.97. The van der Waals surface area contributed by atoms with Gasteiger partial charge < -0.3 is 15.1 Å². The first kappa shape index (κ1) is 13.3. The lowest BCUT2D eigenvalue weighted by molar-refractivity contribution is 0.477. The van der Waals surface area contributed by atoms with Gasteiger partial charge in [0.25, 0.3) is 0 Å². The van der Waals surface area contributed by atoms with E-state index in [1.54, 1.807) is 30.6 Å². The summed E-state index contributed by atoms with van der Waals surface area (Å²) in [5.41, 5.74) is 4.01. The molecule has 0 atom stereocenters. The number of pyridine rings is 2. The Balaban J connectivity index is 1.91. The Morgan fingerprint density at radius 2 is 1.78 bits per heavy atom. The molecule has 0 amide bonds. The number of rotatable bonds is 2. The van der Waals surface area contributed by atoms with E-state index in [1.165, 1.54) is 6.07 Å². The van der Waals surface area contributed by atoms with Gasteiger partial charge in [-0.3, -0.25) is 4.79 Å². The predicted molar refractivity (Wildman–Crippen MR) is 89.3 cm³/mol. The molecule has 0 aliphatic carbocycles. The predicted octanol–water partition coefficient (Wildman–Crippen LogP) is 3.29. The number of hydrogen-bond donors (Lipinski definition) is 3. The summed E-state index contributed by atoms with van der Waals surface area (Å²) in [5.74, 6) is 0.225. The molecule has 4 aromatic rings. The maximum Gasteiger partial charge on any atom is 0.247 e. The van der Waals surface area contributed by atoms with Crippen LogP contribution >= 0.6 is 0 Å². The van der Waals surface area contributed by atoms with Crippen LogP contribution in [0.3, 0.4) is 0 Å². The summed E-state index contributed by atoms with van der Waals surface area (Å²) in [7, 11) is 0. The zero-order valence-corrected chi connectivity index (χ0v) is 12.1.